The Morgan fingerprint density at radius 3 is 2.48 bits per heavy atom. The molecule has 116 valence electrons. The first-order valence-corrected chi connectivity index (χ1v) is 7.73. The summed E-state index contributed by atoms with van der Waals surface area (Å²) in [6, 6.07) is 5.55. The quantitative estimate of drug-likeness (QED) is 0.379. The van der Waals surface area contributed by atoms with E-state index < -0.39 is 0 Å². The monoisotopic (exact) mass is 309 g/mol. The van der Waals surface area contributed by atoms with Crippen LogP contribution in [0, 0.1) is 11.3 Å². The van der Waals surface area contributed by atoms with E-state index in [-0.39, 0.29) is 5.84 Å². The number of nitrogens with zero attached hydrogens (tertiary/aromatic N) is 2. The molecular formula is C16H24ClN3O. The third-order valence-corrected chi connectivity index (χ3v) is 4.64. The molecule has 1 heterocycles. The largest absolute Gasteiger partial charge is 0.409 e. The molecule has 4 nitrogen and oxygen atoms in total. The predicted octanol–water partition coefficient (Wildman–Crippen LogP) is 3.70. The van der Waals surface area contributed by atoms with Crippen LogP contribution in [0.1, 0.15) is 39.2 Å². The normalized spacial score (nSPS) is 18.1. The van der Waals surface area contributed by atoms with Gasteiger partial charge in [0.05, 0.1) is 0 Å². The summed E-state index contributed by atoms with van der Waals surface area (Å²) >= 11 is 6.03. The second kappa shape index (κ2) is 6.14. The maximum atomic E-state index is 8.95. The van der Waals surface area contributed by atoms with Crippen LogP contribution in [-0.2, 0) is 0 Å². The summed E-state index contributed by atoms with van der Waals surface area (Å²) in [6.07, 6.45) is 2.31. The fourth-order valence-electron chi connectivity index (χ4n) is 3.03. The van der Waals surface area contributed by atoms with Gasteiger partial charge in [0.2, 0.25) is 0 Å². The average molecular weight is 310 g/mol. The highest BCUT2D eigenvalue weighted by Crippen LogP contribution is 2.36. The van der Waals surface area contributed by atoms with E-state index in [9.17, 15) is 0 Å². The first-order chi connectivity index (χ1) is 9.82. The van der Waals surface area contributed by atoms with Crippen LogP contribution in [0.5, 0.6) is 0 Å². The van der Waals surface area contributed by atoms with E-state index in [0.717, 1.165) is 37.5 Å². The van der Waals surface area contributed by atoms with Crippen molar-refractivity contribution in [2.45, 2.75) is 33.6 Å². The number of oxime groups is 1. The van der Waals surface area contributed by atoms with Gasteiger partial charge in [-0.15, -0.1) is 0 Å². The van der Waals surface area contributed by atoms with E-state index in [1.807, 2.05) is 12.1 Å². The molecule has 1 aliphatic rings. The van der Waals surface area contributed by atoms with E-state index in [4.69, 9.17) is 22.5 Å². The van der Waals surface area contributed by atoms with Gasteiger partial charge in [0, 0.05) is 29.4 Å². The molecule has 1 aromatic carbocycles. The van der Waals surface area contributed by atoms with Crippen molar-refractivity contribution < 1.29 is 5.21 Å². The van der Waals surface area contributed by atoms with Crippen LogP contribution in [-0.4, -0.2) is 24.1 Å². The molecule has 1 aliphatic heterocycles. The Labute approximate surface area is 131 Å². The van der Waals surface area contributed by atoms with Crippen molar-refractivity contribution in [3.63, 3.8) is 0 Å². The number of amidine groups is 1. The Kier molecular flexibility index (Phi) is 4.67. The van der Waals surface area contributed by atoms with Gasteiger partial charge >= 0.3 is 0 Å². The van der Waals surface area contributed by atoms with Crippen LogP contribution in [0.25, 0.3) is 0 Å². The fraction of sp³-hybridized carbons (Fsp3) is 0.562. The molecular weight excluding hydrogens is 286 g/mol. The van der Waals surface area contributed by atoms with Crippen molar-refractivity contribution in [2.75, 3.05) is 18.0 Å². The standard InChI is InChI=1S/C16H24ClN3O/c1-16(2,3)11-6-8-20(9-7-11)14-5-4-12(17)10-13(14)15(18)19-21/h4-5,10-11,21H,6-9H2,1-3H3,(H2,18,19). The van der Waals surface area contributed by atoms with Gasteiger partial charge in [-0.05, 0) is 42.4 Å². The van der Waals surface area contributed by atoms with Gasteiger partial charge in [-0.2, -0.15) is 0 Å². The molecule has 21 heavy (non-hydrogen) atoms. The first kappa shape index (κ1) is 16.0. The number of anilines is 1. The third kappa shape index (κ3) is 3.62. The molecule has 0 bridgehead atoms. The van der Waals surface area contributed by atoms with E-state index in [1.165, 1.54) is 0 Å². The molecule has 0 atom stereocenters. The Morgan fingerprint density at radius 1 is 1.33 bits per heavy atom. The third-order valence-electron chi connectivity index (χ3n) is 4.40. The maximum absolute atomic E-state index is 8.95. The Bertz CT molecular complexity index is 529. The van der Waals surface area contributed by atoms with E-state index >= 15 is 0 Å². The summed E-state index contributed by atoms with van der Waals surface area (Å²) in [5.74, 6) is 0.832. The molecule has 2 rings (SSSR count). The molecule has 0 radical (unpaired) electrons. The second-order valence-electron chi connectivity index (χ2n) is 6.77. The summed E-state index contributed by atoms with van der Waals surface area (Å²) < 4.78 is 0. The lowest BCUT2D eigenvalue weighted by Gasteiger charge is -2.40. The fourth-order valence-corrected chi connectivity index (χ4v) is 3.20. The van der Waals surface area contributed by atoms with Crippen molar-refractivity contribution in [3.8, 4) is 0 Å². The number of piperidine rings is 1. The second-order valence-corrected chi connectivity index (χ2v) is 7.21. The molecule has 0 aliphatic carbocycles. The summed E-state index contributed by atoms with van der Waals surface area (Å²) in [6.45, 7) is 8.87. The van der Waals surface area contributed by atoms with Crippen LogP contribution in [0.15, 0.2) is 23.4 Å². The van der Waals surface area contributed by atoms with Gasteiger partial charge in [0.15, 0.2) is 5.84 Å². The van der Waals surface area contributed by atoms with E-state index in [2.05, 4.69) is 30.8 Å². The van der Waals surface area contributed by atoms with Gasteiger partial charge in [0.25, 0.3) is 0 Å². The van der Waals surface area contributed by atoms with Crippen LogP contribution in [0.2, 0.25) is 5.02 Å². The molecule has 1 fully saturated rings. The highest BCUT2D eigenvalue weighted by molar-refractivity contribution is 6.31. The Hall–Kier alpha value is -1.42. The topological polar surface area (TPSA) is 61.8 Å². The van der Waals surface area contributed by atoms with Crippen molar-refractivity contribution in [2.24, 2.45) is 22.2 Å². The van der Waals surface area contributed by atoms with Crippen LogP contribution in [0.4, 0.5) is 5.69 Å². The van der Waals surface area contributed by atoms with E-state index in [1.54, 1.807) is 6.07 Å². The van der Waals surface area contributed by atoms with Crippen molar-refractivity contribution >= 4 is 23.1 Å². The molecule has 0 aromatic heterocycles. The molecule has 0 saturated carbocycles. The number of hydrogen-bond acceptors (Lipinski definition) is 3. The lowest BCUT2D eigenvalue weighted by atomic mass is 9.75. The number of hydrogen-bond donors (Lipinski definition) is 2. The molecule has 1 saturated heterocycles. The van der Waals surface area contributed by atoms with Crippen LogP contribution >= 0.6 is 11.6 Å². The van der Waals surface area contributed by atoms with Crippen molar-refractivity contribution in [3.05, 3.63) is 28.8 Å². The predicted molar refractivity (Wildman–Crippen MR) is 88.4 cm³/mol. The molecule has 5 heteroatoms. The number of nitrogens with two attached hydrogens (primary N) is 1. The van der Waals surface area contributed by atoms with Gasteiger partial charge in [-0.1, -0.05) is 37.5 Å². The zero-order valence-corrected chi connectivity index (χ0v) is 13.7. The molecule has 0 amide bonds. The minimum Gasteiger partial charge on any atom is -0.409 e. The zero-order chi connectivity index (χ0) is 15.6. The lowest BCUT2D eigenvalue weighted by Crippen LogP contribution is -2.39. The molecule has 0 unspecified atom stereocenters. The van der Waals surface area contributed by atoms with Gasteiger partial charge < -0.3 is 15.8 Å². The summed E-state index contributed by atoms with van der Waals surface area (Å²) in [5, 5.41) is 12.7. The van der Waals surface area contributed by atoms with Crippen molar-refractivity contribution in [1.29, 1.82) is 0 Å². The lowest BCUT2D eigenvalue weighted by molar-refractivity contribution is 0.199. The Morgan fingerprint density at radius 2 is 1.95 bits per heavy atom. The zero-order valence-electron chi connectivity index (χ0n) is 12.9. The minimum atomic E-state index is 0.102. The smallest absolute Gasteiger partial charge is 0.172 e. The van der Waals surface area contributed by atoms with E-state index in [0.29, 0.717) is 16.0 Å². The number of rotatable bonds is 2. The van der Waals surface area contributed by atoms with Crippen LogP contribution in [0.3, 0.4) is 0 Å². The Balaban J connectivity index is 2.21. The molecule has 0 spiro atoms. The molecule has 1 aromatic rings. The van der Waals surface area contributed by atoms with Crippen LogP contribution < -0.4 is 10.6 Å². The van der Waals surface area contributed by atoms with Gasteiger partial charge in [-0.25, -0.2) is 0 Å². The SMILES string of the molecule is CC(C)(C)C1CCN(c2ccc(Cl)cc2C(N)=NO)CC1. The average Bonchev–Trinajstić information content (AvgIpc) is 2.45. The highest BCUT2D eigenvalue weighted by Gasteiger charge is 2.29. The van der Waals surface area contributed by atoms with Gasteiger partial charge in [0.1, 0.15) is 0 Å². The maximum Gasteiger partial charge on any atom is 0.172 e. The number of halogens is 1. The minimum absolute atomic E-state index is 0.102. The molecule has 3 N–H and O–H groups in total. The first-order valence-electron chi connectivity index (χ1n) is 7.35. The summed E-state index contributed by atoms with van der Waals surface area (Å²) in [4.78, 5) is 2.30. The highest BCUT2D eigenvalue weighted by atomic mass is 35.5. The van der Waals surface area contributed by atoms with Gasteiger partial charge in [-0.3, -0.25) is 0 Å². The summed E-state index contributed by atoms with van der Waals surface area (Å²) in [7, 11) is 0. The number of benzene rings is 1. The summed E-state index contributed by atoms with van der Waals surface area (Å²) in [5.41, 5.74) is 7.81. The van der Waals surface area contributed by atoms with Crippen molar-refractivity contribution in [1.82, 2.24) is 0 Å².